The molecule has 0 fully saturated rings. The molecule has 0 amide bonds. The highest BCUT2D eigenvalue weighted by molar-refractivity contribution is 9.10. The lowest BCUT2D eigenvalue weighted by Crippen LogP contribution is -2.31. The minimum Gasteiger partial charge on any atom is -0.359 e. The van der Waals surface area contributed by atoms with Gasteiger partial charge in [-0.3, -0.25) is 5.10 Å². The minimum absolute atomic E-state index is 0.00317. The van der Waals surface area contributed by atoms with Gasteiger partial charge in [0.2, 0.25) is 5.13 Å². The van der Waals surface area contributed by atoms with Crippen LogP contribution in [0, 0.1) is 6.92 Å². The van der Waals surface area contributed by atoms with Crippen LogP contribution >= 0.6 is 27.3 Å². The third-order valence-electron chi connectivity index (χ3n) is 4.32. The normalized spacial score (nSPS) is 12.4. The molecule has 2 heterocycles. The lowest BCUT2D eigenvalue weighted by molar-refractivity contribution is 0.698. The highest BCUT2D eigenvalue weighted by atomic mass is 79.9. The fourth-order valence-corrected chi connectivity index (χ4v) is 4.13. The Morgan fingerprint density at radius 2 is 2.11 bits per heavy atom. The zero-order valence-corrected chi connectivity index (χ0v) is 17.1. The summed E-state index contributed by atoms with van der Waals surface area (Å²) in [6.45, 7) is 2.65. The van der Waals surface area contributed by atoms with Crippen molar-refractivity contribution in [2.45, 2.75) is 19.4 Å². The van der Waals surface area contributed by atoms with Gasteiger partial charge in [0.1, 0.15) is 5.01 Å². The lowest BCUT2D eigenvalue weighted by atomic mass is 10.1. The number of H-pyrrole nitrogens is 1. The molecule has 0 saturated carbocycles. The standard InChI is InChI=1S/C19H19BrN6S/c1-11-16-9-13(5-6-17(16)24-23-11)18-25-26-19(27-18)22-10-15(21)8-12-3-2-4-14(20)7-12/h2-7,9,15H,8,10,21H2,1H3,(H,22,26)(H,23,24). The zero-order valence-electron chi connectivity index (χ0n) is 14.7. The maximum absolute atomic E-state index is 6.26. The van der Waals surface area contributed by atoms with Crippen molar-refractivity contribution in [3.8, 4) is 10.6 Å². The molecule has 27 heavy (non-hydrogen) atoms. The second kappa shape index (κ2) is 7.75. The van der Waals surface area contributed by atoms with Gasteiger partial charge in [0.25, 0.3) is 0 Å². The molecule has 8 heteroatoms. The summed E-state index contributed by atoms with van der Waals surface area (Å²) in [6.07, 6.45) is 0.800. The van der Waals surface area contributed by atoms with E-state index in [1.165, 1.54) is 16.9 Å². The number of nitrogens with one attached hydrogen (secondary N) is 2. The van der Waals surface area contributed by atoms with Crippen LogP contribution in [0.4, 0.5) is 5.13 Å². The first-order valence-electron chi connectivity index (χ1n) is 8.61. The number of halogens is 1. The Hall–Kier alpha value is -2.29. The summed E-state index contributed by atoms with van der Waals surface area (Å²) in [7, 11) is 0. The van der Waals surface area contributed by atoms with Crippen LogP contribution in [0.1, 0.15) is 11.3 Å². The lowest BCUT2D eigenvalue weighted by Gasteiger charge is -2.12. The Balaban J connectivity index is 1.40. The first-order valence-corrected chi connectivity index (χ1v) is 10.2. The molecule has 1 unspecified atom stereocenters. The third kappa shape index (κ3) is 4.18. The summed E-state index contributed by atoms with van der Waals surface area (Å²) in [6, 6.07) is 14.3. The molecule has 6 nitrogen and oxygen atoms in total. The Kier molecular flexibility index (Phi) is 5.20. The summed E-state index contributed by atoms with van der Waals surface area (Å²) >= 11 is 5.02. The van der Waals surface area contributed by atoms with E-state index in [0.717, 1.165) is 43.2 Å². The SMILES string of the molecule is Cc1[nH]nc2ccc(-c3nnc(NCC(N)Cc4cccc(Br)c4)s3)cc12. The van der Waals surface area contributed by atoms with Crippen LogP contribution in [0.25, 0.3) is 21.5 Å². The van der Waals surface area contributed by atoms with Crippen LogP contribution in [-0.4, -0.2) is 33.0 Å². The van der Waals surface area contributed by atoms with Gasteiger partial charge in [-0.05, 0) is 49.2 Å². The van der Waals surface area contributed by atoms with Gasteiger partial charge in [0.05, 0.1) is 5.52 Å². The van der Waals surface area contributed by atoms with Crippen molar-refractivity contribution in [1.29, 1.82) is 0 Å². The number of aromatic nitrogens is 4. The molecular formula is C19H19BrN6S. The van der Waals surface area contributed by atoms with Crippen molar-refractivity contribution in [3.63, 3.8) is 0 Å². The van der Waals surface area contributed by atoms with Gasteiger partial charge in [-0.1, -0.05) is 39.4 Å². The molecule has 138 valence electrons. The van der Waals surface area contributed by atoms with Crippen molar-refractivity contribution in [1.82, 2.24) is 20.4 Å². The fourth-order valence-electron chi connectivity index (χ4n) is 2.94. The van der Waals surface area contributed by atoms with Crippen LogP contribution in [0.15, 0.2) is 46.9 Å². The molecule has 0 bridgehead atoms. The summed E-state index contributed by atoms with van der Waals surface area (Å²) in [5.41, 5.74) is 10.5. The number of aromatic amines is 1. The molecule has 0 aliphatic rings. The van der Waals surface area contributed by atoms with E-state index < -0.39 is 0 Å². The van der Waals surface area contributed by atoms with Crippen molar-refractivity contribution in [2.75, 3.05) is 11.9 Å². The highest BCUT2D eigenvalue weighted by Gasteiger charge is 2.11. The zero-order chi connectivity index (χ0) is 18.8. The maximum atomic E-state index is 6.26. The predicted octanol–water partition coefficient (Wildman–Crippen LogP) is 4.13. The van der Waals surface area contributed by atoms with E-state index in [9.17, 15) is 0 Å². The first-order chi connectivity index (χ1) is 13.1. The van der Waals surface area contributed by atoms with Crippen LogP contribution in [-0.2, 0) is 6.42 Å². The fraction of sp³-hybridized carbons (Fsp3) is 0.211. The van der Waals surface area contributed by atoms with Gasteiger partial charge in [0, 0.05) is 33.7 Å². The number of benzene rings is 2. The van der Waals surface area contributed by atoms with Crippen molar-refractivity contribution >= 4 is 43.3 Å². The number of fused-ring (bicyclic) bond motifs is 1. The van der Waals surface area contributed by atoms with Crippen molar-refractivity contribution < 1.29 is 0 Å². The van der Waals surface area contributed by atoms with Crippen LogP contribution in [0.2, 0.25) is 0 Å². The van der Waals surface area contributed by atoms with Gasteiger partial charge >= 0.3 is 0 Å². The summed E-state index contributed by atoms with van der Waals surface area (Å²) in [4.78, 5) is 0. The maximum Gasteiger partial charge on any atom is 0.206 e. The molecule has 4 N–H and O–H groups in total. The van der Waals surface area contributed by atoms with E-state index in [4.69, 9.17) is 5.73 Å². The van der Waals surface area contributed by atoms with Crippen LogP contribution in [0.5, 0.6) is 0 Å². The summed E-state index contributed by atoms with van der Waals surface area (Å²) < 4.78 is 1.07. The number of hydrogen-bond donors (Lipinski definition) is 3. The Morgan fingerprint density at radius 3 is 2.96 bits per heavy atom. The Morgan fingerprint density at radius 1 is 1.22 bits per heavy atom. The molecule has 0 saturated heterocycles. The average Bonchev–Trinajstić information content (AvgIpc) is 3.27. The molecular weight excluding hydrogens is 424 g/mol. The van der Waals surface area contributed by atoms with E-state index in [1.54, 1.807) is 0 Å². The highest BCUT2D eigenvalue weighted by Crippen LogP contribution is 2.29. The molecule has 0 aliphatic heterocycles. The monoisotopic (exact) mass is 442 g/mol. The van der Waals surface area contributed by atoms with E-state index >= 15 is 0 Å². The number of nitrogens with two attached hydrogens (primary N) is 1. The van der Waals surface area contributed by atoms with Gasteiger partial charge in [-0.2, -0.15) is 5.10 Å². The first kappa shape index (κ1) is 18.1. The van der Waals surface area contributed by atoms with Gasteiger partial charge in [-0.25, -0.2) is 0 Å². The quantitative estimate of drug-likeness (QED) is 0.417. The topological polar surface area (TPSA) is 92.5 Å². The number of hydrogen-bond acceptors (Lipinski definition) is 6. The van der Waals surface area contributed by atoms with Crippen molar-refractivity contribution in [2.24, 2.45) is 5.73 Å². The Bertz CT molecular complexity index is 1070. The number of aryl methyl sites for hydroxylation is 1. The molecule has 0 radical (unpaired) electrons. The van der Waals surface area contributed by atoms with E-state index in [2.05, 4.69) is 59.8 Å². The third-order valence-corrected chi connectivity index (χ3v) is 5.74. The number of rotatable bonds is 6. The van der Waals surface area contributed by atoms with Crippen LogP contribution < -0.4 is 11.1 Å². The molecule has 2 aromatic heterocycles. The molecule has 4 aromatic rings. The molecule has 0 spiro atoms. The molecule has 4 rings (SSSR count). The molecule has 0 aliphatic carbocycles. The number of anilines is 1. The second-order valence-electron chi connectivity index (χ2n) is 6.47. The summed E-state index contributed by atoms with van der Waals surface area (Å²) in [5.74, 6) is 0. The molecule has 1 atom stereocenters. The Labute approximate surface area is 169 Å². The average molecular weight is 443 g/mol. The minimum atomic E-state index is -0.00317. The van der Waals surface area contributed by atoms with E-state index in [0.29, 0.717) is 6.54 Å². The van der Waals surface area contributed by atoms with Gasteiger partial charge < -0.3 is 11.1 Å². The largest absolute Gasteiger partial charge is 0.359 e. The van der Waals surface area contributed by atoms with E-state index in [-0.39, 0.29) is 6.04 Å². The molecule has 2 aromatic carbocycles. The van der Waals surface area contributed by atoms with E-state index in [1.807, 2.05) is 31.2 Å². The summed E-state index contributed by atoms with van der Waals surface area (Å²) in [5, 5.41) is 21.9. The van der Waals surface area contributed by atoms with Gasteiger partial charge in [0.15, 0.2) is 0 Å². The van der Waals surface area contributed by atoms with Gasteiger partial charge in [-0.15, -0.1) is 10.2 Å². The number of nitrogens with zero attached hydrogens (tertiary/aromatic N) is 3. The smallest absolute Gasteiger partial charge is 0.206 e. The van der Waals surface area contributed by atoms with Crippen LogP contribution in [0.3, 0.4) is 0 Å². The second-order valence-corrected chi connectivity index (χ2v) is 8.36. The predicted molar refractivity (Wildman–Crippen MR) is 114 cm³/mol. The van der Waals surface area contributed by atoms with Crippen molar-refractivity contribution in [3.05, 3.63) is 58.2 Å².